The van der Waals surface area contributed by atoms with Crippen LogP contribution in [0.25, 0.3) is 0 Å². The number of urea groups is 1. The molecule has 3 amide bonds. The monoisotopic (exact) mass is 558 g/mol. The van der Waals surface area contributed by atoms with Gasteiger partial charge in [0, 0.05) is 13.0 Å². The summed E-state index contributed by atoms with van der Waals surface area (Å²) in [5.41, 5.74) is 0.739. The van der Waals surface area contributed by atoms with Gasteiger partial charge in [-0.15, -0.1) is 0 Å². The third kappa shape index (κ3) is 6.42. The molecule has 2 fully saturated rings. The molecule has 0 aromatic heterocycles. The Labute approximate surface area is 234 Å². The number of nitrogens with one attached hydrogen (secondary N) is 1. The molecule has 11 nitrogen and oxygen atoms in total. The van der Waals surface area contributed by atoms with Crippen molar-refractivity contribution < 1.29 is 42.9 Å². The third-order valence-electron chi connectivity index (χ3n) is 6.57. The van der Waals surface area contributed by atoms with Gasteiger partial charge in [0.15, 0.2) is 18.4 Å². The van der Waals surface area contributed by atoms with Crippen molar-refractivity contribution in [2.24, 2.45) is 0 Å². The summed E-state index contributed by atoms with van der Waals surface area (Å²) in [5.74, 6) is -2.61. The summed E-state index contributed by atoms with van der Waals surface area (Å²) in [6.45, 7) is -0.421. The third-order valence-corrected chi connectivity index (χ3v) is 6.57. The lowest BCUT2D eigenvalue weighted by Crippen LogP contribution is -2.57. The number of nitrogens with zero attached hydrogens (tertiary/aromatic N) is 1. The van der Waals surface area contributed by atoms with Crippen molar-refractivity contribution in [2.75, 3.05) is 13.2 Å². The standard InChI is InChI=1S/C30H26N2O9/c33-23-16-17-32(30(37)31-23)26-25(41-29(36)21-14-8-3-9-15-21)24(40-28(35)20-12-6-2-7-13-20)22(39-26)18-38-27(34)19-10-4-1-5-11-19/h1-15,22,24-26H,16-18H2,(H,31,33,37)/t22-,24-,25-,26-/m1/s1. The van der Waals surface area contributed by atoms with Crippen LogP contribution < -0.4 is 5.32 Å². The summed E-state index contributed by atoms with van der Waals surface area (Å²) in [4.78, 5) is 64.7. The minimum Gasteiger partial charge on any atom is -0.459 e. The molecule has 0 radical (unpaired) electrons. The molecule has 2 aliphatic rings. The van der Waals surface area contributed by atoms with E-state index in [9.17, 15) is 24.0 Å². The van der Waals surface area contributed by atoms with Gasteiger partial charge >= 0.3 is 23.9 Å². The van der Waals surface area contributed by atoms with Gasteiger partial charge in [0.1, 0.15) is 12.7 Å². The van der Waals surface area contributed by atoms with E-state index in [-0.39, 0.29) is 30.7 Å². The molecule has 2 aliphatic heterocycles. The fourth-order valence-electron chi connectivity index (χ4n) is 4.53. The molecule has 5 rings (SSSR count). The molecule has 4 atom stereocenters. The molecule has 0 unspecified atom stereocenters. The number of amides is 3. The quantitative estimate of drug-likeness (QED) is 0.327. The van der Waals surface area contributed by atoms with Gasteiger partial charge in [0.05, 0.1) is 16.7 Å². The normalized spacial score (nSPS) is 22.0. The second-order valence-corrected chi connectivity index (χ2v) is 9.30. The van der Waals surface area contributed by atoms with E-state index in [1.54, 1.807) is 91.0 Å². The van der Waals surface area contributed by atoms with Gasteiger partial charge in [0.25, 0.3) is 0 Å². The zero-order valence-electron chi connectivity index (χ0n) is 21.7. The number of esters is 3. The Kier molecular flexibility index (Phi) is 8.35. The lowest BCUT2D eigenvalue weighted by molar-refractivity contribution is -0.126. The van der Waals surface area contributed by atoms with E-state index < -0.39 is 54.4 Å². The highest BCUT2D eigenvalue weighted by molar-refractivity contribution is 5.97. The Hall–Kier alpha value is -5.03. The Morgan fingerprint density at radius 2 is 1.22 bits per heavy atom. The van der Waals surface area contributed by atoms with E-state index >= 15 is 0 Å². The van der Waals surface area contributed by atoms with Gasteiger partial charge in [-0.2, -0.15) is 0 Å². The highest BCUT2D eigenvalue weighted by atomic mass is 16.7. The molecule has 3 aromatic rings. The molecule has 210 valence electrons. The Balaban J connectivity index is 1.45. The van der Waals surface area contributed by atoms with Gasteiger partial charge in [-0.25, -0.2) is 19.2 Å². The predicted octanol–water partition coefficient (Wildman–Crippen LogP) is 2.96. The van der Waals surface area contributed by atoms with Gasteiger partial charge in [-0.05, 0) is 36.4 Å². The van der Waals surface area contributed by atoms with Crippen molar-refractivity contribution >= 4 is 29.8 Å². The van der Waals surface area contributed by atoms with Gasteiger partial charge in [-0.3, -0.25) is 15.0 Å². The zero-order chi connectivity index (χ0) is 28.8. The van der Waals surface area contributed by atoms with E-state index in [1.165, 1.54) is 4.90 Å². The fraction of sp³-hybridized carbons (Fsp3) is 0.233. The minimum atomic E-state index is -1.32. The molecule has 41 heavy (non-hydrogen) atoms. The first-order chi connectivity index (χ1) is 19.9. The largest absolute Gasteiger partial charge is 0.459 e. The smallest absolute Gasteiger partial charge is 0.338 e. The molecule has 0 spiro atoms. The van der Waals surface area contributed by atoms with Crippen LogP contribution in [0.15, 0.2) is 91.0 Å². The minimum absolute atomic E-state index is 0.0208. The summed E-state index contributed by atoms with van der Waals surface area (Å²) >= 11 is 0. The van der Waals surface area contributed by atoms with Crippen LogP contribution in [0.2, 0.25) is 0 Å². The van der Waals surface area contributed by atoms with Crippen LogP contribution in [0.5, 0.6) is 0 Å². The molecule has 11 heteroatoms. The van der Waals surface area contributed by atoms with Crippen LogP contribution in [0.3, 0.4) is 0 Å². The fourth-order valence-corrected chi connectivity index (χ4v) is 4.53. The number of hydrogen-bond acceptors (Lipinski definition) is 9. The molecule has 0 aliphatic carbocycles. The van der Waals surface area contributed by atoms with Crippen molar-refractivity contribution in [3.8, 4) is 0 Å². The SMILES string of the molecule is O=C1CCN([C@@H]2O[C@H](COC(=O)c3ccccc3)[C@@H](OC(=O)c3ccccc3)[C@H]2OC(=O)c2ccccc2)C(=O)N1. The van der Waals surface area contributed by atoms with E-state index in [4.69, 9.17) is 18.9 Å². The number of ether oxygens (including phenoxy) is 4. The predicted molar refractivity (Wildman–Crippen MR) is 142 cm³/mol. The van der Waals surface area contributed by atoms with Gasteiger partial charge in [-0.1, -0.05) is 54.6 Å². The number of imide groups is 1. The second-order valence-electron chi connectivity index (χ2n) is 9.30. The van der Waals surface area contributed by atoms with Crippen molar-refractivity contribution in [1.29, 1.82) is 0 Å². The maximum atomic E-state index is 13.1. The molecule has 2 heterocycles. The van der Waals surface area contributed by atoms with E-state index in [0.29, 0.717) is 5.56 Å². The Morgan fingerprint density at radius 1 is 0.732 bits per heavy atom. The molecule has 2 saturated heterocycles. The molecule has 1 N–H and O–H groups in total. The highest BCUT2D eigenvalue weighted by Gasteiger charge is 2.54. The van der Waals surface area contributed by atoms with Crippen LogP contribution >= 0.6 is 0 Å². The highest BCUT2D eigenvalue weighted by Crippen LogP contribution is 2.32. The van der Waals surface area contributed by atoms with Crippen molar-refractivity contribution in [3.63, 3.8) is 0 Å². The average molecular weight is 559 g/mol. The summed E-state index contributed by atoms with van der Waals surface area (Å²) in [5, 5.41) is 2.21. The Morgan fingerprint density at radius 3 is 1.73 bits per heavy atom. The van der Waals surface area contributed by atoms with Crippen LogP contribution in [0, 0.1) is 0 Å². The topological polar surface area (TPSA) is 138 Å². The first kappa shape index (κ1) is 27.5. The van der Waals surface area contributed by atoms with E-state index in [0.717, 1.165) is 0 Å². The molecule has 0 saturated carbocycles. The summed E-state index contributed by atoms with van der Waals surface area (Å²) in [6.07, 6.45) is -5.01. The number of carbonyl (C=O) groups excluding carboxylic acids is 5. The van der Waals surface area contributed by atoms with Crippen LogP contribution in [0.4, 0.5) is 4.79 Å². The molecule has 3 aromatic carbocycles. The average Bonchev–Trinajstić information content (AvgIpc) is 3.33. The number of rotatable bonds is 8. The molecular formula is C30H26N2O9. The molecular weight excluding hydrogens is 532 g/mol. The maximum absolute atomic E-state index is 13.1. The van der Waals surface area contributed by atoms with Crippen LogP contribution in [0.1, 0.15) is 37.5 Å². The maximum Gasteiger partial charge on any atom is 0.338 e. The number of hydrogen-bond donors (Lipinski definition) is 1. The van der Waals surface area contributed by atoms with Crippen LogP contribution in [-0.2, 0) is 23.7 Å². The lowest BCUT2D eigenvalue weighted by Gasteiger charge is -2.34. The number of benzene rings is 3. The van der Waals surface area contributed by atoms with Crippen LogP contribution in [-0.4, -0.2) is 72.4 Å². The summed E-state index contributed by atoms with van der Waals surface area (Å²) < 4.78 is 23.2. The van der Waals surface area contributed by atoms with Gasteiger partial charge in [0.2, 0.25) is 5.91 Å². The van der Waals surface area contributed by atoms with Crippen molar-refractivity contribution in [1.82, 2.24) is 10.2 Å². The summed E-state index contributed by atoms with van der Waals surface area (Å²) in [7, 11) is 0. The van der Waals surface area contributed by atoms with E-state index in [2.05, 4.69) is 5.32 Å². The number of carbonyl (C=O) groups is 5. The zero-order valence-corrected chi connectivity index (χ0v) is 21.7. The first-order valence-corrected chi connectivity index (χ1v) is 12.9. The molecule has 0 bridgehead atoms. The van der Waals surface area contributed by atoms with Crippen molar-refractivity contribution in [2.45, 2.75) is 31.0 Å². The summed E-state index contributed by atoms with van der Waals surface area (Å²) in [6, 6.07) is 23.8. The second kappa shape index (κ2) is 12.4. The Bertz CT molecular complexity index is 1420. The van der Waals surface area contributed by atoms with E-state index in [1.807, 2.05) is 0 Å². The first-order valence-electron chi connectivity index (χ1n) is 12.9. The lowest BCUT2D eigenvalue weighted by atomic mass is 10.1. The van der Waals surface area contributed by atoms with Crippen molar-refractivity contribution in [3.05, 3.63) is 108 Å². The van der Waals surface area contributed by atoms with Gasteiger partial charge < -0.3 is 18.9 Å².